The lowest BCUT2D eigenvalue weighted by Gasteiger charge is -2.28. The molecule has 0 aliphatic carbocycles. The number of aryl methyl sites for hydroxylation is 1. The maximum absolute atomic E-state index is 8.92. The Morgan fingerprint density at radius 2 is 2.11 bits per heavy atom. The average molecular weight is 241 g/mol. The fourth-order valence-corrected chi connectivity index (χ4v) is 2.40. The Kier molecular flexibility index (Phi) is 2.65. The van der Waals surface area contributed by atoms with Crippen molar-refractivity contribution in [2.24, 2.45) is 7.05 Å². The number of hydrogen-bond acceptors (Lipinski definition) is 4. The molecule has 2 aromatic rings. The Hall–Kier alpha value is -2.06. The van der Waals surface area contributed by atoms with Crippen LogP contribution in [0.5, 0.6) is 0 Å². The van der Waals surface area contributed by atoms with Gasteiger partial charge in [-0.05, 0) is 18.2 Å². The van der Waals surface area contributed by atoms with Gasteiger partial charge in [-0.2, -0.15) is 5.26 Å². The van der Waals surface area contributed by atoms with Gasteiger partial charge >= 0.3 is 0 Å². The molecule has 5 nitrogen and oxygen atoms in total. The molecule has 1 fully saturated rings. The van der Waals surface area contributed by atoms with Crippen LogP contribution in [0, 0.1) is 11.3 Å². The third-order valence-corrected chi connectivity index (χ3v) is 3.39. The van der Waals surface area contributed by atoms with E-state index in [0.29, 0.717) is 5.56 Å². The van der Waals surface area contributed by atoms with E-state index in [-0.39, 0.29) is 0 Å². The van der Waals surface area contributed by atoms with Crippen LogP contribution in [0.4, 0.5) is 5.95 Å². The third-order valence-electron chi connectivity index (χ3n) is 3.39. The highest BCUT2D eigenvalue weighted by molar-refractivity contribution is 5.80. The molecular formula is C13H15N5. The first kappa shape index (κ1) is 11.1. The highest BCUT2D eigenvalue weighted by Gasteiger charge is 2.17. The lowest BCUT2D eigenvalue weighted by Crippen LogP contribution is -2.44. The summed E-state index contributed by atoms with van der Waals surface area (Å²) in [6.45, 7) is 3.93. The number of fused-ring (bicyclic) bond motifs is 1. The molecule has 1 aliphatic rings. The van der Waals surface area contributed by atoms with E-state index in [2.05, 4.69) is 25.8 Å². The summed E-state index contributed by atoms with van der Waals surface area (Å²) in [6, 6.07) is 7.81. The van der Waals surface area contributed by atoms with Crippen LogP contribution in [-0.4, -0.2) is 35.7 Å². The number of aromatic nitrogens is 2. The lowest BCUT2D eigenvalue weighted by molar-refractivity contribution is 0.575. The van der Waals surface area contributed by atoms with Crippen molar-refractivity contribution in [3.8, 4) is 6.07 Å². The summed E-state index contributed by atoms with van der Waals surface area (Å²) < 4.78 is 2.10. The SMILES string of the molecule is Cn1c(N2CCNCC2)nc2cc(C#N)ccc21. The molecule has 0 unspecified atom stereocenters. The van der Waals surface area contributed by atoms with Crippen LogP contribution in [-0.2, 0) is 7.05 Å². The van der Waals surface area contributed by atoms with Gasteiger partial charge in [-0.25, -0.2) is 4.98 Å². The third kappa shape index (κ3) is 1.71. The molecule has 92 valence electrons. The first-order valence-corrected chi connectivity index (χ1v) is 6.12. The minimum Gasteiger partial charge on any atom is -0.340 e. The van der Waals surface area contributed by atoms with Gasteiger partial charge in [0.1, 0.15) is 0 Å². The predicted octanol–water partition coefficient (Wildman–Crippen LogP) is 0.855. The topological polar surface area (TPSA) is 56.9 Å². The van der Waals surface area contributed by atoms with E-state index in [4.69, 9.17) is 5.26 Å². The highest BCUT2D eigenvalue weighted by atomic mass is 15.3. The van der Waals surface area contributed by atoms with Crippen LogP contribution >= 0.6 is 0 Å². The zero-order valence-electron chi connectivity index (χ0n) is 10.3. The number of rotatable bonds is 1. The summed E-state index contributed by atoms with van der Waals surface area (Å²) >= 11 is 0. The Balaban J connectivity index is 2.07. The van der Waals surface area contributed by atoms with Crippen molar-refractivity contribution in [2.45, 2.75) is 0 Å². The van der Waals surface area contributed by atoms with Crippen molar-refractivity contribution in [3.63, 3.8) is 0 Å². The fraction of sp³-hybridized carbons (Fsp3) is 0.385. The number of nitrogens with one attached hydrogen (secondary N) is 1. The summed E-state index contributed by atoms with van der Waals surface area (Å²) in [5.41, 5.74) is 2.63. The molecule has 0 spiro atoms. The van der Waals surface area contributed by atoms with Gasteiger partial charge in [-0.1, -0.05) is 0 Å². The molecule has 1 N–H and O–H groups in total. The van der Waals surface area contributed by atoms with Gasteiger partial charge in [0, 0.05) is 33.2 Å². The smallest absolute Gasteiger partial charge is 0.206 e. The summed E-state index contributed by atoms with van der Waals surface area (Å²) in [5, 5.41) is 12.3. The molecule has 0 bridgehead atoms. The van der Waals surface area contributed by atoms with E-state index in [1.807, 2.05) is 25.2 Å². The number of hydrogen-bond donors (Lipinski definition) is 1. The Morgan fingerprint density at radius 3 is 2.83 bits per heavy atom. The molecule has 0 saturated carbocycles. The van der Waals surface area contributed by atoms with Crippen molar-refractivity contribution in [3.05, 3.63) is 23.8 Å². The standard InChI is InChI=1S/C13H15N5/c1-17-12-3-2-10(9-14)8-11(12)16-13(17)18-6-4-15-5-7-18/h2-3,8,15H,4-7H2,1H3. The molecular weight excluding hydrogens is 226 g/mol. The number of benzene rings is 1. The number of imidazole rings is 1. The zero-order valence-corrected chi connectivity index (χ0v) is 10.3. The first-order valence-electron chi connectivity index (χ1n) is 6.12. The second kappa shape index (κ2) is 4.31. The van der Waals surface area contributed by atoms with Gasteiger partial charge in [0.2, 0.25) is 5.95 Å². The predicted molar refractivity (Wildman–Crippen MR) is 70.5 cm³/mol. The Labute approximate surface area is 106 Å². The van der Waals surface area contributed by atoms with Crippen molar-refractivity contribution in [1.29, 1.82) is 5.26 Å². The number of anilines is 1. The highest BCUT2D eigenvalue weighted by Crippen LogP contribution is 2.22. The van der Waals surface area contributed by atoms with Gasteiger partial charge in [0.05, 0.1) is 22.7 Å². The molecule has 1 aliphatic heterocycles. The Morgan fingerprint density at radius 1 is 1.33 bits per heavy atom. The molecule has 0 amide bonds. The molecule has 1 aromatic heterocycles. The molecule has 2 heterocycles. The number of nitrogens with zero attached hydrogens (tertiary/aromatic N) is 4. The van der Waals surface area contributed by atoms with Crippen molar-refractivity contribution >= 4 is 17.0 Å². The van der Waals surface area contributed by atoms with E-state index in [0.717, 1.165) is 43.2 Å². The summed E-state index contributed by atoms with van der Waals surface area (Å²) in [4.78, 5) is 6.93. The summed E-state index contributed by atoms with van der Waals surface area (Å²) in [6.07, 6.45) is 0. The van der Waals surface area contributed by atoms with Crippen LogP contribution in [0.1, 0.15) is 5.56 Å². The van der Waals surface area contributed by atoms with Crippen molar-refractivity contribution in [1.82, 2.24) is 14.9 Å². The van der Waals surface area contributed by atoms with E-state index in [1.165, 1.54) is 0 Å². The second-order valence-corrected chi connectivity index (χ2v) is 4.52. The fourth-order valence-electron chi connectivity index (χ4n) is 2.40. The largest absolute Gasteiger partial charge is 0.340 e. The second-order valence-electron chi connectivity index (χ2n) is 4.52. The van der Waals surface area contributed by atoms with Gasteiger partial charge in [0.25, 0.3) is 0 Å². The molecule has 1 saturated heterocycles. The van der Waals surface area contributed by atoms with Crippen molar-refractivity contribution in [2.75, 3.05) is 31.1 Å². The lowest BCUT2D eigenvalue weighted by atomic mass is 10.2. The van der Waals surface area contributed by atoms with Gasteiger partial charge in [0.15, 0.2) is 0 Å². The Bertz CT molecular complexity index is 616. The molecule has 0 atom stereocenters. The average Bonchev–Trinajstić information content (AvgIpc) is 2.76. The maximum atomic E-state index is 8.92. The van der Waals surface area contributed by atoms with Gasteiger partial charge < -0.3 is 14.8 Å². The van der Waals surface area contributed by atoms with Crippen LogP contribution in [0.2, 0.25) is 0 Å². The minimum atomic E-state index is 0.660. The molecule has 1 aromatic carbocycles. The van der Waals surface area contributed by atoms with Crippen LogP contribution < -0.4 is 10.2 Å². The van der Waals surface area contributed by atoms with Crippen LogP contribution in [0.15, 0.2) is 18.2 Å². The maximum Gasteiger partial charge on any atom is 0.206 e. The summed E-state index contributed by atoms with van der Waals surface area (Å²) in [7, 11) is 2.03. The van der Waals surface area contributed by atoms with E-state index in [9.17, 15) is 0 Å². The van der Waals surface area contributed by atoms with Crippen molar-refractivity contribution < 1.29 is 0 Å². The first-order chi connectivity index (χ1) is 8.79. The normalized spacial score (nSPS) is 15.9. The monoisotopic (exact) mass is 241 g/mol. The van der Waals surface area contributed by atoms with Crippen LogP contribution in [0.3, 0.4) is 0 Å². The zero-order chi connectivity index (χ0) is 12.5. The quantitative estimate of drug-likeness (QED) is 0.804. The molecule has 18 heavy (non-hydrogen) atoms. The minimum absolute atomic E-state index is 0.660. The van der Waals surface area contributed by atoms with E-state index in [1.54, 1.807) is 0 Å². The number of nitriles is 1. The molecule has 3 rings (SSSR count). The summed E-state index contributed by atoms with van der Waals surface area (Å²) in [5.74, 6) is 0.988. The van der Waals surface area contributed by atoms with E-state index < -0.39 is 0 Å². The van der Waals surface area contributed by atoms with E-state index >= 15 is 0 Å². The number of piperazine rings is 1. The van der Waals surface area contributed by atoms with Crippen LogP contribution in [0.25, 0.3) is 11.0 Å². The molecule has 0 radical (unpaired) electrons. The van der Waals surface area contributed by atoms with Gasteiger partial charge in [-0.15, -0.1) is 0 Å². The van der Waals surface area contributed by atoms with Gasteiger partial charge in [-0.3, -0.25) is 0 Å². The molecule has 5 heteroatoms.